The van der Waals surface area contributed by atoms with E-state index in [0.29, 0.717) is 29.9 Å². The van der Waals surface area contributed by atoms with Crippen LogP contribution < -0.4 is 5.32 Å². The van der Waals surface area contributed by atoms with Crippen LogP contribution in [0.2, 0.25) is 0 Å². The molecule has 6 heteroatoms. The van der Waals surface area contributed by atoms with Gasteiger partial charge in [0.2, 0.25) is 0 Å². The number of carboxylic acid groups (broad SMARTS) is 1. The first-order chi connectivity index (χ1) is 11.5. The molecular formula is C18H21NO5. The second-order valence-corrected chi connectivity index (χ2v) is 5.36. The summed E-state index contributed by atoms with van der Waals surface area (Å²) in [5.74, 6) is -0.351. The lowest BCUT2D eigenvalue weighted by Crippen LogP contribution is -2.38. The first-order valence-electron chi connectivity index (χ1n) is 7.75. The van der Waals surface area contributed by atoms with Crippen molar-refractivity contribution in [3.05, 3.63) is 59.0 Å². The molecule has 0 spiro atoms. The molecular weight excluding hydrogens is 310 g/mol. The van der Waals surface area contributed by atoms with Gasteiger partial charge in [0.05, 0.1) is 13.7 Å². The van der Waals surface area contributed by atoms with Gasteiger partial charge in [0.25, 0.3) is 0 Å². The normalized spacial score (nSPS) is 11.9. The Labute approximate surface area is 140 Å². The van der Waals surface area contributed by atoms with Crippen LogP contribution in [0.1, 0.15) is 34.4 Å². The van der Waals surface area contributed by atoms with Crippen LogP contribution in [0, 0.1) is 0 Å². The molecule has 0 aliphatic heterocycles. The SMILES string of the molecule is CCc1oc(CN[C@@H](Cc2ccccc2)C(=O)O)cc1C(=O)OC. The maximum Gasteiger partial charge on any atom is 0.341 e. The van der Waals surface area contributed by atoms with E-state index in [-0.39, 0.29) is 6.54 Å². The molecule has 1 aromatic heterocycles. The van der Waals surface area contributed by atoms with Gasteiger partial charge in [-0.2, -0.15) is 0 Å². The first-order valence-corrected chi connectivity index (χ1v) is 7.75. The van der Waals surface area contributed by atoms with E-state index in [1.54, 1.807) is 6.07 Å². The van der Waals surface area contributed by atoms with E-state index in [1.807, 2.05) is 37.3 Å². The highest BCUT2D eigenvalue weighted by atomic mass is 16.5. The van der Waals surface area contributed by atoms with E-state index in [9.17, 15) is 14.7 Å². The summed E-state index contributed by atoms with van der Waals surface area (Å²) in [6, 6.07) is 10.2. The molecule has 0 aliphatic rings. The molecule has 0 aliphatic carbocycles. The second kappa shape index (κ2) is 8.31. The molecule has 2 rings (SSSR count). The lowest BCUT2D eigenvalue weighted by atomic mass is 10.1. The van der Waals surface area contributed by atoms with Gasteiger partial charge in [-0.05, 0) is 18.1 Å². The van der Waals surface area contributed by atoms with Gasteiger partial charge < -0.3 is 14.3 Å². The van der Waals surface area contributed by atoms with Crippen molar-refractivity contribution in [1.82, 2.24) is 5.32 Å². The van der Waals surface area contributed by atoms with Gasteiger partial charge in [0.15, 0.2) is 0 Å². The van der Waals surface area contributed by atoms with Gasteiger partial charge in [-0.25, -0.2) is 4.79 Å². The Morgan fingerprint density at radius 3 is 2.58 bits per heavy atom. The average molecular weight is 331 g/mol. The Morgan fingerprint density at radius 1 is 1.29 bits per heavy atom. The number of ether oxygens (including phenoxy) is 1. The lowest BCUT2D eigenvalue weighted by Gasteiger charge is -2.13. The van der Waals surface area contributed by atoms with Crippen molar-refractivity contribution in [3.63, 3.8) is 0 Å². The Hall–Kier alpha value is -2.60. The zero-order chi connectivity index (χ0) is 17.5. The summed E-state index contributed by atoms with van der Waals surface area (Å²) in [4.78, 5) is 23.1. The monoisotopic (exact) mass is 331 g/mol. The predicted octanol–water partition coefficient (Wildman–Crippen LogP) is 2.41. The maximum absolute atomic E-state index is 11.7. The predicted molar refractivity (Wildman–Crippen MR) is 87.8 cm³/mol. The van der Waals surface area contributed by atoms with Gasteiger partial charge in [-0.1, -0.05) is 37.3 Å². The number of furan rings is 1. The average Bonchev–Trinajstić information content (AvgIpc) is 3.01. The van der Waals surface area contributed by atoms with E-state index in [2.05, 4.69) is 5.32 Å². The molecule has 0 unspecified atom stereocenters. The molecule has 128 valence electrons. The van der Waals surface area contributed by atoms with Crippen molar-refractivity contribution in [2.75, 3.05) is 7.11 Å². The molecule has 0 saturated carbocycles. The number of carboxylic acids is 1. The molecule has 0 radical (unpaired) electrons. The fourth-order valence-corrected chi connectivity index (χ4v) is 2.44. The third kappa shape index (κ3) is 4.45. The Bertz CT molecular complexity index is 693. The van der Waals surface area contributed by atoms with E-state index >= 15 is 0 Å². The van der Waals surface area contributed by atoms with Crippen LogP contribution in [-0.2, 0) is 28.9 Å². The minimum absolute atomic E-state index is 0.216. The smallest absolute Gasteiger partial charge is 0.341 e. The number of aliphatic carboxylic acids is 1. The zero-order valence-electron chi connectivity index (χ0n) is 13.7. The number of esters is 1. The molecule has 2 aromatic rings. The highest BCUT2D eigenvalue weighted by molar-refractivity contribution is 5.90. The molecule has 0 amide bonds. The van der Waals surface area contributed by atoms with Crippen molar-refractivity contribution in [3.8, 4) is 0 Å². The van der Waals surface area contributed by atoms with Gasteiger partial charge in [-0.15, -0.1) is 0 Å². The lowest BCUT2D eigenvalue weighted by molar-refractivity contribution is -0.139. The molecule has 24 heavy (non-hydrogen) atoms. The van der Waals surface area contributed by atoms with Gasteiger partial charge >= 0.3 is 11.9 Å². The quantitative estimate of drug-likeness (QED) is 0.722. The van der Waals surface area contributed by atoms with Crippen LogP contribution in [0.25, 0.3) is 0 Å². The molecule has 1 heterocycles. The van der Waals surface area contributed by atoms with E-state index in [1.165, 1.54) is 7.11 Å². The summed E-state index contributed by atoms with van der Waals surface area (Å²) < 4.78 is 10.3. The van der Waals surface area contributed by atoms with Crippen LogP contribution in [0.5, 0.6) is 0 Å². The number of methoxy groups -OCH3 is 1. The van der Waals surface area contributed by atoms with Gasteiger partial charge in [-0.3, -0.25) is 10.1 Å². The van der Waals surface area contributed by atoms with Crippen LogP contribution in [-0.4, -0.2) is 30.2 Å². The van der Waals surface area contributed by atoms with Crippen molar-refractivity contribution < 1.29 is 23.8 Å². The Kier molecular flexibility index (Phi) is 6.14. The summed E-state index contributed by atoms with van der Waals surface area (Å²) >= 11 is 0. The summed E-state index contributed by atoms with van der Waals surface area (Å²) in [6.45, 7) is 2.09. The summed E-state index contributed by atoms with van der Waals surface area (Å²) in [5, 5.41) is 12.3. The van der Waals surface area contributed by atoms with E-state index in [0.717, 1.165) is 5.56 Å². The fourth-order valence-electron chi connectivity index (χ4n) is 2.44. The summed E-state index contributed by atoms with van der Waals surface area (Å²) in [6.07, 6.45) is 0.915. The number of carbonyl (C=O) groups excluding carboxylic acids is 1. The summed E-state index contributed by atoms with van der Waals surface area (Å²) in [5.41, 5.74) is 1.31. The van der Waals surface area contributed by atoms with Crippen LogP contribution >= 0.6 is 0 Å². The third-order valence-electron chi connectivity index (χ3n) is 3.69. The van der Waals surface area contributed by atoms with Crippen LogP contribution in [0.15, 0.2) is 40.8 Å². The highest BCUT2D eigenvalue weighted by Crippen LogP contribution is 2.17. The largest absolute Gasteiger partial charge is 0.480 e. The fraction of sp³-hybridized carbons (Fsp3) is 0.333. The van der Waals surface area contributed by atoms with E-state index < -0.39 is 18.0 Å². The number of carbonyl (C=O) groups is 2. The first kappa shape index (κ1) is 17.7. The molecule has 6 nitrogen and oxygen atoms in total. The Balaban J connectivity index is 2.05. The number of benzene rings is 1. The van der Waals surface area contributed by atoms with Gasteiger partial charge in [0, 0.05) is 6.42 Å². The van der Waals surface area contributed by atoms with Crippen LogP contribution in [0.4, 0.5) is 0 Å². The number of hydrogen-bond donors (Lipinski definition) is 2. The minimum Gasteiger partial charge on any atom is -0.480 e. The van der Waals surface area contributed by atoms with Crippen molar-refractivity contribution in [2.24, 2.45) is 0 Å². The molecule has 0 fully saturated rings. The number of nitrogens with one attached hydrogen (secondary N) is 1. The number of rotatable bonds is 8. The molecule has 2 N–H and O–H groups in total. The molecule has 1 aromatic carbocycles. The molecule has 0 saturated heterocycles. The standard InChI is InChI=1S/C18H21NO5/c1-3-16-14(18(22)23-2)10-13(24-16)11-19-15(17(20)21)9-12-7-5-4-6-8-12/h4-8,10,15,19H,3,9,11H2,1-2H3,(H,20,21)/t15-/m0/s1. The van der Waals surface area contributed by atoms with Crippen LogP contribution in [0.3, 0.4) is 0 Å². The highest BCUT2D eigenvalue weighted by Gasteiger charge is 2.20. The second-order valence-electron chi connectivity index (χ2n) is 5.36. The summed E-state index contributed by atoms with van der Waals surface area (Å²) in [7, 11) is 1.31. The Morgan fingerprint density at radius 2 is 2.00 bits per heavy atom. The topological polar surface area (TPSA) is 88.8 Å². The van der Waals surface area contributed by atoms with Crippen molar-refractivity contribution in [1.29, 1.82) is 0 Å². The van der Waals surface area contributed by atoms with E-state index in [4.69, 9.17) is 9.15 Å². The molecule has 1 atom stereocenters. The number of hydrogen-bond acceptors (Lipinski definition) is 5. The maximum atomic E-state index is 11.7. The molecule has 0 bridgehead atoms. The van der Waals surface area contributed by atoms with Gasteiger partial charge in [0.1, 0.15) is 23.1 Å². The third-order valence-corrected chi connectivity index (χ3v) is 3.69. The number of aryl methyl sites for hydroxylation is 1. The zero-order valence-corrected chi connectivity index (χ0v) is 13.7. The minimum atomic E-state index is -0.936. The van der Waals surface area contributed by atoms with Crippen molar-refractivity contribution in [2.45, 2.75) is 32.4 Å². The van der Waals surface area contributed by atoms with Crippen molar-refractivity contribution >= 4 is 11.9 Å².